The highest BCUT2D eigenvalue weighted by Crippen LogP contribution is 2.28. The van der Waals surface area contributed by atoms with Gasteiger partial charge in [-0.25, -0.2) is 13.2 Å². The molecule has 5 nitrogen and oxygen atoms in total. The summed E-state index contributed by atoms with van der Waals surface area (Å²) in [5.41, 5.74) is 0.0516. The van der Waals surface area contributed by atoms with E-state index in [-0.39, 0.29) is 10.5 Å². The predicted molar refractivity (Wildman–Crippen MR) is 63.9 cm³/mol. The molecule has 0 fully saturated rings. The van der Waals surface area contributed by atoms with E-state index in [0.717, 1.165) is 6.26 Å². The first-order valence-corrected chi connectivity index (χ1v) is 7.68. The maximum Gasteiger partial charge on any atom is 0.337 e. The molecule has 0 saturated carbocycles. The topological polar surface area (TPSA) is 91.7 Å². The third-order valence-electron chi connectivity index (χ3n) is 2.14. The van der Waals surface area contributed by atoms with Gasteiger partial charge >= 0.3 is 5.97 Å². The van der Waals surface area contributed by atoms with Crippen molar-refractivity contribution in [1.29, 1.82) is 0 Å². The molecule has 2 N–H and O–H groups in total. The summed E-state index contributed by atoms with van der Waals surface area (Å²) >= 11 is 1.24. The van der Waals surface area contributed by atoms with Gasteiger partial charge in [0.15, 0.2) is 15.9 Å². The van der Waals surface area contributed by atoms with Crippen LogP contribution in [0.1, 0.15) is 11.7 Å². The van der Waals surface area contributed by atoms with Crippen molar-refractivity contribution in [3.8, 4) is 0 Å². The summed E-state index contributed by atoms with van der Waals surface area (Å²) in [6.45, 7) is 0. The van der Waals surface area contributed by atoms with Crippen molar-refractivity contribution in [3.05, 3.63) is 23.8 Å². The zero-order valence-corrected chi connectivity index (χ0v) is 10.9. The number of carboxylic acid groups (broad SMARTS) is 1. The second kappa shape index (κ2) is 5.07. The molecule has 17 heavy (non-hydrogen) atoms. The quantitative estimate of drug-likeness (QED) is 0.795. The van der Waals surface area contributed by atoms with Crippen LogP contribution < -0.4 is 0 Å². The van der Waals surface area contributed by atoms with Crippen LogP contribution in [-0.4, -0.2) is 37.1 Å². The van der Waals surface area contributed by atoms with Crippen molar-refractivity contribution >= 4 is 27.6 Å². The summed E-state index contributed by atoms with van der Waals surface area (Å²) in [5, 5.41) is 18.0. The Bertz CT molecular complexity index is 536. The number of benzene rings is 1. The Balaban J connectivity index is 3.38. The molecule has 0 amide bonds. The van der Waals surface area contributed by atoms with Crippen LogP contribution in [0.15, 0.2) is 28.0 Å². The Morgan fingerprint density at radius 2 is 2.00 bits per heavy atom. The van der Waals surface area contributed by atoms with Crippen LogP contribution in [0.2, 0.25) is 0 Å². The lowest BCUT2D eigenvalue weighted by atomic mass is 10.1. The Hall–Kier alpha value is -1.05. The first-order valence-electron chi connectivity index (χ1n) is 4.56. The van der Waals surface area contributed by atoms with Crippen molar-refractivity contribution in [2.24, 2.45) is 0 Å². The van der Waals surface area contributed by atoms with Crippen molar-refractivity contribution < 1.29 is 23.4 Å². The van der Waals surface area contributed by atoms with Crippen LogP contribution in [0.25, 0.3) is 0 Å². The lowest BCUT2D eigenvalue weighted by Gasteiger charge is -2.10. The summed E-state index contributed by atoms with van der Waals surface area (Å²) in [5.74, 6) is -1.42. The van der Waals surface area contributed by atoms with Crippen molar-refractivity contribution in [2.45, 2.75) is 15.9 Å². The third kappa shape index (κ3) is 3.21. The van der Waals surface area contributed by atoms with Gasteiger partial charge in [0.2, 0.25) is 0 Å². The first kappa shape index (κ1) is 14.0. The van der Waals surface area contributed by atoms with E-state index in [9.17, 15) is 18.3 Å². The molecule has 1 unspecified atom stereocenters. The molecule has 7 heteroatoms. The standard InChI is InChI=1S/C10H12O5S2/c1-16-7-4-3-6(9(11)10(12)13)5-8(7)17(2,14)15/h3-5,9,11H,1-2H3,(H,12,13). The molecule has 0 aliphatic heterocycles. The number of hydrogen-bond donors (Lipinski definition) is 2. The van der Waals surface area contributed by atoms with Crippen LogP contribution in [0.3, 0.4) is 0 Å². The minimum Gasteiger partial charge on any atom is -0.479 e. The predicted octanol–water partition coefficient (Wildman–Crippen LogP) is 0.930. The van der Waals surface area contributed by atoms with E-state index >= 15 is 0 Å². The van der Waals surface area contributed by atoms with Crippen LogP contribution >= 0.6 is 11.8 Å². The Morgan fingerprint density at radius 1 is 1.41 bits per heavy atom. The average molecular weight is 276 g/mol. The maximum absolute atomic E-state index is 11.5. The van der Waals surface area contributed by atoms with Gasteiger partial charge in [-0.15, -0.1) is 11.8 Å². The summed E-state index contributed by atoms with van der Waals surface area (Å²) < 4.78 is 23.0. The zero-order chi connectivity index (χ0) is 13.2. The number of aliphatic carboxylic acids is 1. The molecule has 94 valence electrons. The van der Waals surface area contributed by atoms with Gasteiger partial charge in [0.05, 0.1) is 4.90 Å². The van der Waals surface area contributed by atoms with Crippen LogP contribution in [0.4, 0.5) is 0 Å². The molecule has 0 radical (unpaired) electrons. The number of rotatable bonds is 4. The average Bonchev–Trinajstić information content (AvgIpc) is 2.25. The normalized spacial score (nSPS) is 13.4. The fraction of sp³-hybridized carbons (Fsp3) is 0.300. The van der Waals surface area contributed by atoms with E-state index in [2.05, 4.69) is 0 Å². The molecule has 0 spiro atoms. The highest BCUT2D eigenvalue weighted by atomic mass is 32.2. The fourth-order valence-corrected chi connectivity index (χ4v) is 3.25. The SMILES string of the molecule is CSc1ccc(C(O)C(=O)O)cc1S(C)(=O)=O. The van der Waals surface area contributed by atoms with E-state index in [1.807, 2.05) is 0 Å². The van der Waals surface area contributed by atoms with Gasteiger partial charge in [-0.3, -0.25) is 0 Å². The molecule has 1 atom stereocenters. The van der Waals surface area contributed by atoms with Gasteiger partial charge in [-0.1, -0.05) is 6.07 Å². The molecule has 0 saturated heterocycles. The third-order valence-corrected chi connectivity index (χ3v) is 4.20. The van der Waals surface area contributed by atoms with Crippen molar-refractivity contribution in [3.63, 3.8) is 0 Å². The number of carbonyl (C=O) groups is 1. The van der Waals surface area contributed by atoms with E-state index in [1.165, 1.54) is 30.0 Å². The minimum atomic E-state index is -3.45. The molecule has 0 aromatic heterocycles. The van der Waals surface area contributed by atoms with E-state index < -0.39 is 21.9 Å². The summed E-state index contributed by atoms with van der Waals surface area (Å²) in [7, 11) is -3.45. The Labute approximate surface area is 103 Å². The van der Waals surface area contributed by atoms with E-state index in [1.54, 1.807) is 6.26 Å². The first-order chi connectivity index (χ1) is 7.77. The summed E-state index contributed by atoms with van der Waals surface area (Å²) in [6.07, 6.45) is 1.04. The van der Waals surface area contributed by atoms with Gasteiger partial charge in [0.1, 0.15) is 0 Å². The minimum absolute atomic E-state index is 0.0304. The fourth-order valence-electron chi connectivity index (χ4n) is 1.30. The van der Waals surface area contributed by atoms with Crippen LogP contribution in [0.5, 0.6) is 0 Å². The number of sulfone groups is 1. The van der Waals surface area contributed by atoms with E-state index in [4.69, 9.17) is 5.11 Å². The smallest absolute Gasteiger partial charge is 0.337 e. The molecule has 1 aromatic rings. The highest BCUT2D eigenvalue weighted by Gasteiger charge is 2.20. The van der Waals surface area contributed by atoms with Crippen molar-refractivity contribution in [2.75, 3.05) is 12.5 Å². The largest absolute Gasteiger partial charge is 0.479 e. The van der Waals surface area contributed by atoms with Crippen LogP contribution in [-0.2, 0) is 14.6 Å². The molecular formula is C10H12O5S2. The monoisotopic (exact) mass is 276 g/mol. The molecule has 0 aliphatic rings. The number of thioether (sulfide) groups is 1. The number of hydrogen-bond acceptors (Lipinski definition) is 5. The summed E-state index contributed by atoms with van der Waals surface area (Å²) in [4.78, 5) is 11.2. The lowest BCUT2D eigenvalue weighted by molar-refractivity contribution is -0.146. The second-order valence-corrected chi connectivity index (χ2v) is 6.26. The number of carboxylic acids is 1. The molecule has 0 aliphatic carbocycles. The highest BCUT2D eigenvalue weighted by molar-refractivity contribution is 7.99. The van der Waals surface area contributed by atoms with Gasteiger partial charge in [-0.2, -0.15) is 0 Å². The molecular weight excluding hydrogens is 264 g/mol. The molecule has 0 heterocycles. The molecule has 1 rings (SSSR count). The lowest BCUT2D eigenvalue weighted by Crippen LogP contribution is -2.11. The maximum atomic E-state index is 11.5. The zero-order valence-electron chi connectivity index (χ0n) is 9.25. The Kier molecular flexibility index (Phi) is 4.18. The van der Waals surface area contributed by atoms with Crippen LogP contribution in [0, 0.1) is 0 Å². The van der Waals surface area contributed by atoms with Crippen molar-refractivity contribution in [1.82, 2.24) is 0 Å². The Morgan fingerprint density at radius 3 is 2.41 bits per heavy atom. The van der Waals surface area contributed by atoms with Gasteiger partial charge in [-0.05, 0) is 24.0 Å². The molecule has 0 bridgehead atoms. The number of aliphatic hydroxyl groups is 1. The van der Waals surface area contributed by atoms with Gasteiger partial charge in [0, 0.05) is 11.2 Å². The molecule has 1 aromatic carbocycles. The number of aliphatic hydroxyl groups excluding tert-OH is 1. The summed E-state index contributed by atoms with van der Waals surface area (Å²) in [6, 6.07) is 4.09. The second-order valence-electron chi connectivity index (χ2n) is 3.42. The van der Waals surface area contributed by atoms with E-state index in [0.29, 0.717) is 4.90 Å². The van der Waals surface area contributed by atoms with Gasteiger partial charge in [0.25, 0.3) is 0 Å². The van der Waals surface area contributed by atoms with Gasteiger partial charge < -0.3 is 10.2 Å².